The molecule has 118 heavy (non-hydrogen) atoms. The second-order valence-electron chi connectivity index (χ2n) is 25.3. The largest absolute Gasteiger partial charge is 0.573 e. The Hall–Kier alpha value is -13.6. The number of anilines is 5. The van der Waals surface area contributed by atoms with Gasteiger partial charge in [-0.15, -0.1) is 26.3 Å². The molecule has 15 rings (SSSR count). The molecule has 21 nitrogen and oxygen atoms in total. The first-order valence-electron chi connectivity index (χ1n) is 34.3. The van der Waals surface area contributed by atoms with Crippen LogP contribution in [0.2, 0.25) is 0 Å². The van der Waals surface area contributed by atoms with Gasteiger partial charge in [-0.1, -0.05) is 12.1 Å². The van der Waals surface area contributed by atoms with Gasteiger partial charge in [-0.25, -0.2) is 51.3 Å². The van der Waals surface area contributed by atoms with E-state index in [0.29, 0.717) is 45.9 Å². The van der Waals surface area contributed by atoms with Crippen LogP contribution in [0.15, 0.2) is 164 Å². The molecule has 620 valence electrons. The monoisotopic (exact) mass is 1680 g/mol. The third kappa shape index (κ3) is 19.3. The van der Waals surface area contributed by atoms with Crippen molar-refractivity contribution in [3.8, 4) is 34.2 Å². The van der Waals surface area contributed by atoms with E-state index in [1.807, 2.05) is 0 Å². The number of rotatable bonds is 13. The van der Waals surface area contributed by atoms with E-state index >= 15 is 0 Å². The van der Waals surface area contributed by atoms with Crippen LogP contribution in [0.25, 0.3) is 77.9 Å². The third-order valence-corrected chi connectivity index (χ3v) is 17.5. The number of esters is 2. The fourth-order valence-electron chi connectivity index (χ4n) is 12.2. The van der Waals surface area contributed by atoms with Crippen molar-refractivity contribution in [2.75, 3.05) is 41.9 Å². The number of aromatic nitrogens is 10. The normalized spacial score (nSPS) is 12.6. The molecule has 0 amide bonds. The Balaban J connectivity index is 0.000000145. The molecular formula is C76H58F21N15O6. The Bertz CT molecular complexity index is 6050. The van der Waals surface area contributed by atoms with Crippen LogP contribution in [-0.2, 0) is 50.4 Å². The van der Waals surface area contributed by atoms with Crippen LogP contribution in [0, 0.1) is 34.9 Å². The molecule has 0 bridgehead atoms. The molecular weight excluding hydrogens is 1620 g/mol. The molecule has 14 aromatic rings. The lowest BCUT2D eigenvalue weighted by Gasteiger charge is -2.28. The van der Waals surface area contributed by atoms with Crippen molar-refractivity contribution in [2.24, 2.45) is 0 Å². The van der Waals surface area contributed by atoms with Gasteiger partial charge in [0.05, 0.1) is 98.3 Å². The topological polar surface area (TPSA) is 290 Å². The number of imidazole rings is 5. The molecule has 5 heterocycles. The Morgan fingerprint density at radius 3 is 1.16 bits per heavy atom. The second-order valence-corrected chi connectivity index (χ2v) is 25.3. The predicted molar refractivity (Wildman–Crippen MR) is 388 cm³/mol. The zero-order valence-corrected chi connectivity index (χ0v) is 60.4. The lowest BCUT2D eigenvalue weighted by atomic mass is 9.92. The van der Waals surface area contributed by atoms with Gasteiger partial charge in [0, 0.05) is 40.7 Å². The quantitative estimate of drug-likeness (QED) is 0.0529. The summed E-state index contributed by atoms with van der Waals surface area (Å²) in [7, 11) is 0. The van der Waals surface area contributed by atoms with Crippen LogP contribution in [0.3, 0.4) is 0 Å². The highest BCUT2D eigenvalue weighted by Gasteiger charge is 2.37. The zero-order chi connectivity index (χ0) is 86.0. The first-order valence-corrected chi connectivity index (χ1v) is 34.3. The van der Waals surface area contributed by atoms with Gasteiger partial charge in [0.15, 0.2) is 34.8 Å². The molecule has 0 unspecified atom stereocenters. The number of fused-ring (bicyclic) bond motifs is 5. The number of hydrogen-bond donors (Lipinski definition) is 5. The van der Waals surface area contributed by atoms with Gasteiger partial charge in [-0.3, -0.25) is 27.9 Å². The number of nitrogen functional groups attached to an aromatic ring is 5. The Morgan fingerprint density at radius 1 is 0.390 bits per heavy atom. The SMILES string of the molecule is CCOC(=O)Cc1ccc2nc(N)n(-c3ccc(F)cc3)c2c1F.CCOC(=O)Cc1ccc2nc(N)n(C3CCC3)c2c1F.Nc1nc2ccc(C(F)(F)F)cc2n1-c1ccc(F)c(F)c1.Nc1nc2ccc(C(F)(F)F)cc2n1-c1ccc(OC(F)(F)F)c(F)c1.Nc1nc2ccc(C(F)(F)F)cc2n1-c1ccc(OC(F)(F)F)cc1. The lowest BCUT2D eigenvalue weighted by molar-refractivity contribution is -0.276. The van der Waals surface area contributed by atoms with Gasteiger partial charge in [-0.05, 0) is 173 Å². The van der Waals surface area contributed by atoms with Crippen molar-refractivity contribution >= 4 is 96.8 Å². The Kier molecular flexibility index (Phi) is 24.3. The molecule has 5 aromatic heterocycles. The maximum absolute atomic E-state index is 14.9. The van der Waals surface area contributed by atoms with Crippen molar-refractivity contribution in [1.29, 1.82) is 0 Å². The van der Waals surface area contributed by atoms with Crippen LogP contribution in [0.5, 0.6) is 11.5 Å². The van der Waals surface area contributed by atoms with Crippen molar-refractivity contribution < 1.29 is 121 Å². The van der Waals surface area contributed by atoms with E-state index in [1.54, 1.807) is 36.6 Å². The summed E-state index contributed by atoms with van der Waals surface area (Å²) in [6.07, 6.45) is -20.8. The zero-order valence-electron chi connectivity index (χ0n) is 60.4. The van der Waals surface area contributed by atoms with Crippen molar-refractivity contribution in [3.63, 3.8) is 0 Å². The number of nitrogens with zero attached hydrogens (tertiary/aromatic N) is 10. The molecule has 1 aliphatic rings. The van der Waals surface area contributed by atoms with Gasteiger partial charge >= 0.3 is 43.2 Å². The van der Waals surface area contributed by atoms with Crippen molar-refractivity contribution in [2.45, 2.75) is 83.2 Å². The number of carbonyl (C=O) groups excluding carboxylic acids is 2. The molecule has 1 aliphatic carbocycles. The Morgan fingerprint density at radius 2 is 0.754 bits per heavy atom. The molecule has 0 saturated heterocycles. The molecule has 10 N–H and O–H groups in total. The Labute approximate surface area is 649 Å². The van der Waals surface area contributed by atoms with Crippen LogP contribution in [-0.4, -0.2) is 85.6 Å². The number of alkyl halides is 15. The standard InChI is InChI=1S/C17H15F2N3O2.C15H8F7N3O.C15H9F6N3O.C15H18FN3O2.C14H8F5N3/c1-2-24-14(23)9-10-3-8-13-16(15(10)19)22(17(20)21-13)12-6-4-11(18)5-7-12;16-9-6-8(2-4-12(9)26-15(20,21)22)25-11-5-7(14(17,18)19)1-3-10(11)24-13(25)23;16-14(17,18)8-1-6-11-12(7-8)24(13(22)23-11)9-2-4-10(5-3-9)25-15(19,20)21;1-2-21-12(20)8-9-6-7-11-14(13(9)16)19(15(17)18-11)10-4-3-5-10;15-9-3-2-8(6-10(9)16)22-12-5-7(14(17,18)19)1-4-11(12)21-13(22)20/h3-8H,2,9H2,1H3,(H2,20,21);1-6H,(H2,23,24);1-7H,(H2,22,23);6-7,10H,2-5,8H2,1H3,(H2,17,18);1-6H,(H2,20,21). The van der Waals surface area contributed by atoms with E-state index in [4.69, 9.17) is 38.1 Å². The fraction of sp³-hybridized carbons (Fsp3) is 0.197. The van der Waals surface area contributed by atoms with E-state index in [-0.39, 0.29) is 117 Å². The summed E-state index contributed by atoms with van der Waals surface area (Å²) >= 11 is 0. The minimum absolute atomic E-state index is 0.0540. The number of hydrogen-bond acceptors (Lipinski definition) is 16. The maximum atomic E-state index is 14.9. The van der Waals surface area contributed by atoms with Gasteiger partial charge < -0.3 is 52.2 Å². The average Bonchev–Trinajstić information content (AvgIpc) is 1.64. The van der Waals surface area contributed by atoms with Crippen molar-refractivity contribution in [1.82, 2.24) is 47.8 Å². The lowest BCUT2D eigenvalue weighted by Crippen LogP contribution is -2.19. The van der Waals surface area contributed by atoms with Gasteiger partial charge in [0.2, 0.25) is 29.7 Å². The summed E-state index contributed by atoms with van der Waals surface area (Å²) in [6.45, 7) is 3.92. The predicted octanol–water partition coefficient (Wildman–Crippen LogP) is 18.7. The summed E-state index contributed by atoms with van der Waals surface area (Å²) in [4.78, 5) is 43.3. The van der Waals surface area contributed by atoms with E-state index in [0.717, 1.165) is 101 Å². The number of nitrogens with two attached hydrogens (primary N) is 5. The first-order chi connectivity index (χ1) is 55.4. The summed E-state index contributed by atoms with van der Waals surface area (Å²) in [6, 6.07) is 30.3. The highest BCUT2D eigenvalue weighted by atomic mass is 19.4. The van der Waals surface area contributed by atoms with Crippen molar-refractivity contribution in [3.05, 3.63) is 227 Å². The molecule has 42 heteroatoms. The van der Waals surface area contributed by atoms with E-state index in [9.17, 15) is 102 Å². The molecule has 1 saturated carbocycles. The van der Waals surface area contributed by atoms with Gasteiger partial charge in [0.25, 0.3) is 0 Å². The summed E-state index contributed by atoms with van der Waals surface area (Å²) < 4.78 is 295. The molecule has 0 spiro atoms. The highest BCUT2D eigenvalue weighted by Crippen LogP contribution is 2.41. The van der Waals surface area contributed by atoms with Gasteiger partial charge in [0.1, 0.15) is 22.6 Å². The number of carbonyl (C=O) groups is 2. The summed E-state index contributed by atoms with van der Waals surface area (Å²) in [5, 5.41) is 0. The number of halogens is 21. The van der Waals surface area contributed by atoms with Gasteiger partial charge in [-0.2, -0.15) is 39.5 Å². The van der Waals surface area contributed by atoms with Crippen LogP contribution >= 0.6 is 0 Å². The summed E-state index contributed by atoms with van der Waals surface area (Å²) in [5.74, 6) is -7.57. The number of benzene rings is 9. The minimum atomic E-state index is -5.09. The number of ether oxygens (including phenoxy) is 4. The average molecular weight is 1680 g/mol. The minimum Gasteiger partial charge on any atom is -0.466 e. The van der Waals surface area contributed by atoms with Crippen LogP contribution < -0.4 is 38.1 Å². The summed E-state index contributed by atoms with van der Waals surface area (Å²) in [5.41, 5.74) is 29.4. The molecule has 1 fully saturated rings. The maximum Gasteiger partial charge on any atom is 0.573 e. The molecule has 9 aromatic carbocycles. The molecule has 0 atom stereocenters. The van der Waals surface area contributed by atoms with E-state index in [2.05, 4.69) is 34.4 Å². The third-order valence-electron chi connectivity index (χ3n) is 17.5. The fourth-order valence-corrected chi connectivity index (χ4v) is 12.2. The van der Waals surface area contributed by atoms with Crippen LogP contribution in [0.1, 0.15) is 67.0 Å². The smallest absolute Gasteiger partial charge is 0.466 e. The van der Waals surface area contributed by atoms with E-state index < -0.39 is 106 Å². The molecule has 0 radical (unpaired) electrons. The van der Waals surface area contributed by atoms with E-state index in [1.165, 1.54) is 69.8 Å². The second kappa shape index (κ2) is 33.7. The molecule has 0 aliphatic heterocycles. The highest BCUT2D eigenvalue weighted by molar-refractivity contribution is 5.87. The van der Waals surface area contributed by atoms with Crippen LogP contribution in [0.4, 0.5) is 122 Å². The first kappa shape index (κ1) is 85.3.